The number of piperidine rings is 1. The van der Waals surface area contributed by atoms with E-state index in [4.69, 9.17) is 9.41 Å². The Balaban J connectivity index is 1.47. The minimum atomic E-state index is -4.48. The summed E-state index contributed by atoms with van der Waals surface area (Å²) in [4.78, 5) is 11.2. The number of hydrogen-bond acceptors (Lipinski definition) is 5. The molecule has 0 saturated carbocycles. The molecule has 1 N–H and O–H groups in total. The number of nitrogens with zero attached hydrogens (tertiary/aromatic N) is 5. The zero-order valence-corrected chi connectivity index (χ0v) is 20.5. The van der Waals surface area contributed by atoms with E-state index in [1.807, 2.05) is 18.0 Å². The van der Waals surface area contributed by atoms with Gasteiger partial charge in [-0.2, -0.15) is 18.2 Å². The number of halogens is 3. The van der Waals surface area contributed by atoms with E-state index in [0.717, 1.165) is 12.1 Å². The smallest absolute Gasteiger partial charge is 0.416 e. The van der Waals surface area contributed by atoms with Crippen LogP contribution in [0.1, 0.15) is 24.1 Å². The monoisotopic (exact) mass is 522 g/mol. The van der Waals surface area contributed by atoms with E-state index >= 15 is 0 Å². The van der Waals surface area contributed by atoms with Crippen molar-refractivity contribution in [1.29, 1.82) is 0 Å². The molecule has 1 aromatic carbocycles. The van der Waals surface area contributed by atoms with E-state index in [1.165, 1.54) is 22.9 Å². The topological polar surface area (TPSA) is 95.5 Å². The number of hydrogen-bond donors (Lipinski definition) is 1. The molecule has 0 atom stereocenters. The second kappa shape index (κ2) is 8.96. The van der Waals surface area contributed by atoms with Gasteiger partial charge in [0.05, 0.1) is 29.3 Å². The van der Waals surface area contributed by atoms with Crippen molar-refractivity contribution in [3.05, 3.63) is 54.1 Å². The number of sulfonamides is 1. The van der Waals surface area contributed by atoms with Crippen LogP contribution in [-0.4, -0.2) is 71.9 Å². The van der Waals surface area contributed by atoms with Crippen LogP contribution in [0.4, 0.5) is 13.2 Å². The Hall–Kier alpha value is -3.32. The van der Waals surface area contributed by atoms with Gasteiger partial charge in [0.1, 0.15) is 12.0 Å². The Bertz CT molecular complexity index is 1450. The summed E-state index contributed by atoms with van der Waals surface area (Å²) in [5.74, 6) is 0.851. The maximum atomic E-state index is 13.4. The number of guanidine groups is 1. The van der Waals surface area contributed by atoms with Gasteiger partial charge >= 0.3 is 12.0 Å². The molecule has 1 saturated heterocycles. The second-order valence-electron chi connectivity index (χ2n) is 8.91. The number of oxazole rings is 1. The molecular formula is C23H25F3N6O3S. The van der Waals surface area contributed by atoms with Crippen LogP contribution >= 0.6 is 0 Å². The third kappa shape index (κ3) is 4.72. The SMILES string of the molecule is CN1CC=C(c2c(-c3cccc(C(F)(F)F)c3)nc3occn23)NC1=NC1CCN(S(C)(=O)=O)CC1. The molecule has 0 radical (unpaired) electrons. The Morgan fingerprint density at radius 1 is 1.22 bits per heavy atom. The van der Waals surface area contributed by atoms with Crippen LogP contribution in [0, 0.1) is 0 Å². The minimum absolute atomic E-state index is 0.0605. The van der Waals surface area contributed by atoms with Crippen LogP contribution in [0.2, 0.25) is 0 Å². The molecule has 0 amide bonds. The Kier molecular flexibility index (Phi) is 6.07. The number of likely N-dealkylation sites (N-methyl/N-ethyl adjacent to an activating group) is 1. The quantitative estimate of drug-likeness (QED) is 0.565. The molecule has 2 aliphatic heterocycles. The predicted molar refractivity (Wildman–Crippen MR) is 129 cm³/mol. The van der Waals surface area contributed by atoms with E-state index in [9.17, 15) is 21.6 Å². The third-order valence-corrected chi connectivity index (χ3v) is 7.66. The van der Waals surface area contributed by atoms with Crippen molar-refractivity contribution in [2.45, 2.75) is 25.1 Å². The predicted octanol–water partition coefficient (Wildman–Crippen LogP) is 3.27. The summed E-state index contributed by atoms with van der Waals surface area (Å²) in [7, 11) is -1.35. The maximum absolute atomic E-state index is 13.4. The summed E-state index contributed by atoms with van der Waals surface area (Å²) in [5.41, 5.74) is 1.10. The molecule has 192 valence electrons. The number of aliphatic imine (C=N–C) groups is 1. The number of fused-ring (bicyclic) bond motifs is 1. The fourth-order valence-corrected chi connectivity index (χ4v) is 5.31. The first-order chi connectivity index (χ1) is 17.0. The van der Waals surface area contributed by atoms with Crippen molar-refractivity contribution in [2.75, 3.05) is 32.9 Å². The number of rotatable bonds is 4. The molecule has 0 spiro atoms. The van der Waals surface area contributed by atoms with E-state index < -0.39 is 21.8 Å². The number of nitrogens with one attached hydrogen (secondary N) is 1. The minimum Gasteiger partial charge on any atom is -0.432 e. The third-order valence-electron chi connectivity index (χ3n) is 6.36. The summed E-state index contributed by atoms with van der Waals surface area (Å²) >= 11 is 0. The van der Waals surface area contributed by atoms with Gasteiger partial charge < -0.3 is 14.6 Å². The summed E-state index contributed by atoms with van der Waals surface area (Å²) in [6.07, 6.45) is 2.95. The van der Waals surface area contributed by atoms with E-state index in [0.29, 0.717) is 61.1 Å². The van der Waals surface area contributed by atoms with Gasteiger partial charge in [-0.1, -0.05) is 12.1 Å². The van der Waals surface area contributed by atoms with Crippen LogP contribution in [-0.2, 0) is 16.2 Å². The fraction of sp³-hybridized carbons (Fsp3) is 0.391. The van der Waals surface area contributed by atoms with Gasteiger partial charge in [0.15, 0.2) is 5.96 Å². The molecule has 1 fully saturated rings. The summed E-state index contributed by atoms with van der Waals surface area (Å²) < 4.78 is 72.3. The first-order valence-corrected chi connectivity index (χ1v) is 13.2. The molecule has 0 unspecified atom stereocenters. The highest BCUT2D eigenvalue weighted by molar-refractivity contribution is 7.88. The van der Waals surface area contributed by atoms with Crippen LogP contribution in [0.3, 0.4) is 0 Å². The van der Waals surface area contributed by atoms with Crippen molar-refractivity contribution in [3.63, 3.8) is 0 Å². The van der Waals surface area contributed by atoms with Gasteiger partial charge in [-0.25, -0.2) is 17.7 Å². The van der Waals surface area contributed by atoms with Gasteiger partial charge in [0, 0.05) is 38.4 Å². The number of alkyl halides is 3. The first kappa shape index (κ1) is 24.4. The molecule has 13 heteroatoms. The molecule has 36 heavy (non-hydrogen) atoms. The number of benzene rings is 1. The number of aromatic nitrogens is 2. The first-order valence-electron chi connectivity index (χ1n) is 11.4. The molecule has 0 bridgehead atoms. The molecule has 2 aromatic heterocycles. The highest BCUT2D eigenvalue weighted by atomic mass is 32.2. The molecule has 3 aromatic rings. The van der Waals surface area contributed by atoms with Crippen LogP contribution < -0.4 is 5.32 Å². The molecule has 0 aliphatic carbocycles. The Morgan fingerprint density at radius 2 is 1.97 bits per heavy atom. The van der Waals surface area contributed by atoms with Crippen molar-refractivity contribution in [2.24, 2.45) is 4.99 Å². The van der Waals surface area contributed by atoms with Crippen molar-refractivity contribution in [3.8, 4) is 11.3 Å². The number of imidazole rings is 1. The molecule has 9 nitrogen and oxygen atoms in total. The van der Waals surface area contributed by atoms with Crippen LogP contribution in [0.5, 0.6) is 0 Å². The van der Waals surface area contributed by atoms with Gasteiger partial charge in [0.2, 0.25) is 10.0 Å². The van der Waals surface area contributed by atoms with Gasteiger partial charge in [-0.05, 0) is 31.1 Å². The van der Waals surface area contributed by atoms with E-state index in [1.54, 1.807) is 16.7 Å². The Labute approximate surface area is 206 Å². The average Bonchev–Trinajstić information content (AvgIpc) is 3.41. The van der Waals surface area contributed by atoms with E-state index in [2.05, 4.69) is 10.3 Å². The summed E-state index contributed by atoms with van der Waals surface area (Å²) in [6.45, 7) is 1.33. The standard InChI is InChI=1S/C23H25F3N6O3S/c1-30-9-8-18(28-21(30)27-17-6-10-31(11-7-17)36(2,33)34)20-19(29-22-32(20)12-13-35-22)15-4-3-5-16(14-15)23(24,25)26/h3-5,8,12-14,17H,6-7,9-11H2,1-2H3,(H,27,28). The Morgan fingerprint density at radius 3 is 2.67 bits per heavy atom. The molecule has 5 rings (SSSR count). The van der Waals surface area contributed by atoms with Crippen molar-refractivity contribution < 1.29 is 26.0 Å². The summed E-state index contributed by atoms with van der Waals surface area (Å²) in [6, 6.07) is 4.98. The van der Waals surface area contributed by atoms with Crippen molar-refractivity contribution in [1.82, 2.24) is 23.9 Å². The molecule has 4 heterocycles. The van der Waals surface area contributed by atoms with Crippen LogP contribution in [0.15, 0.2) is 52.2 Å². The second-order valence-corrected chi connectivity index (χ2v) is 10.9. The lowest BCUT2D eigenvalue weighted by Crippen LogP contribution is -2.44. The normalized spacial score (nSPS) is 19.6. The van der Waals surface area contributed by atoms with Gasteiger partial charge in [-0.15, -0.1) is 0 Å². The zero-order chi connectivity index (χ0) is 25.7. The lowest BCUT2D eigenvalue weighted by molar-refractivity contribution is -0.137. The zero-order valence-electron chi connectivity index (χ0n) is 19.7. The van der Waals surface area contributed by atoms with Crippen LogP contribution in [0.25, 0.3) is 22.8 Å². The van der Waals surface area contributed by atoms with E-state index in [-0.39, 0.29) is 11.9 Å². The van der Waals surface area contributed by atoms with Crippen molar-refractivity contribution >= 4 is 27.5 Å². The summed E-state index contributed by atoms with van der Waals surface area (Å²) in [5, 5.41) is 3.31. The highest BCUT2D eigenvalue weighted by Crippen LogP contribution is 2.35. The maximum Gasteiger partial charge on any atom is 0.416 e. The highest BCUT2D eigenvalue weighted by Gasteiger charge is 2.32. The largest absolute Gasteiger partial charge is 0.432 e. The lowest BCUT2D eigenvalue weighted by atomic mass is 10.0. The van der Waals surface area contributed by atoms with Gasteiger partial charge in [-0.3, -0.25) is 4.40 Å². The molecular weight excluding hydrogens is 497 g/mol. The average molecular weight is 523 g/mol. The lowest BCUT2D eigenvalue weighted by Gasteiger charge is -2.32. The molecule has 2 aliphatic rings. The fourth-order valence-electron chi connectivity index (χ4n) is 4.43. The van der Waals surface area contributed by atoms with Gasteiger partial charge in [0.25, 0.3) is 0 Å².